The van der Waals surface area contributed by atoms with Crippen molar-refractivity contribution in [3.8, 4) is 12.2 Å². The first-order valence-electron chi connectivity index (χ1n) is 5.20. The SMILES string of the molecule is COC(Cc1ccccc1COC#CO)OC. The largest absolute Gasteiger partial charge is 0.460 e. The highest BCUT2D eigenvalue weighted by atomic mass is 16.7. The van der Waals surface area contributed by atoms with E-state index in [0.717, 1.165) is 11.1 Å². The fourth-order valence-electron chi connectivity index (χ4n) is 1.49. The maximum atomic E-state index is 8.31. The topological polar surface area (TPSA) is 47.9 Å². The summed E-state index contributed by atoms with van der Waals surface area (Å²) in [5.41, 5.74) is 2.07. The zero-order chi connectivity index (χ0) is 12.5. The second kappa shape index (κ2) is 7.55. The molecule has 0 spiro atoms. The predicted octanol–water partition coefficient (Wildman–Crippen LogP) is 1.66. The summed E-state index contributed by atoms with van der Waals surface area (Å²) in [5.74, 6) is 0. The van der Waals surface area contributed by atoms with Gasteiger partial charge < -0.3 is 19.3 Å². The van der Waals surface area contributed by atoms with Crippen molar-refractivity contribution >= 4 is 0 Å². The fourth-order valence-corrected chi connectivity index (χ4v) is 1.49. The first kappa shape index (κ1) is 13.4. The van der Waals surface area contributed by atoms with Crippen molar-refractivity contribution in [1.29, 1.82) is 0 Å². The molecule has 0 fully saturated rings. The highest BCUT2D eigenvalue weighted by Crippen LogP contribution is 2.13. The minimum atomic E-state index is -0.278. The van der Waals surface area contributed by atoms with Crippen molar-refractivity contribution in [2.24, 2.45) is 0 Å². The quantitative estimate of drug-likeness (QED) is 0.602. The molecule has 1 N–H and O–H groups in total. The van der Waals surface area contributed by atoms with Crippen LogP contribution in [0.3, 0.4) is 0 Å². The Kier molecular flexibility index (Phi) is 5.94. The van der Waals surface area contributed by atoms with Crippen LogP contribution in [0.5, 0.6) is 0 Å². The molecule has 0 saturated heterocycles. The smallest absolute Gasteiger partial charge is 0.160 e. The van der Waals surface area contributed by atoms with Gasteiger partial charge >= 0.3 is 0 Å². The van der Waals surface area contributed by atoms with Gasteiger partial charge in [-0.15, -0.1) is 0 Å². The lowest BCUT2D eigenvalue weighted by atomic mass is 10.1. The van der Waals surface area contributed by atoms with Crippen LogP contribution < -0.4 is 0 Å². The van der Waals surface area contributed by atoms with Gasteiger partial charge in [0.05, 0.1) is 0 Å². The summed E-state index contributed by atoms with van der Waals surface area (Å²) in [6, 6.07) is 7.79. The summed E-state index contributed by atoms with van der Waals surface area (Å²) in [5, 5.41) is 8.31. The molecule has 0 aromatic heterocycles. The minimum absolute atomic E-state index is 0.278. The minimum Gasteiger partial charge on any atom is -0.460 e. The Morgan fingerprint density at radius 3 is 2.41 bits per heavy atom. The van der Waals surface area contributed by atoms with E-state index in [1.54, 1.807) is 20.3 Å². The fraction of sp³-hybridized carbons (Fsp3) is 0.385. The zero-order valence-corrected chi connectivity index (χ0v) is 9.97. The third kappa shape index (κ3) is 4.35. The van der Waals surface area contributed by atoms with E-state index >= 15 is 0 Å². The van der Waals surface area contributed by atoms with Gasteiger partial charge in [-0.1, -0.05) is 24.3 Å². The first-order chi connectivity index (χ1) is 8.31. The van der Waals surface area contributed by atoms with Gasteiger partial charge in [-0.25, -0.2) is 0 Å². The Morgan fingerprint density at radius 2 is 1.82 bits per heavy atom. The summed E-state index contributed by atoms with van der Waals surface area (Å²) in [6.45, 7) is 0.323. The summed E-state index contributed by atoms with van der Waals surface area (Å²) in [6.07, 6.45) is 4.21. The highest BCUT2D eigenvalue weighted by Gasteiger charge is 2.09. The Balaban J connectivity index is 2.71. The summed E-state index contributed by atoms with van der Waals surface area (Å²) in [7, 11) is 3.20. The normalized spacial score (nSPS) is 9.82. The molecule has 17 heavy (non-hydrogen) atoms. The van der Waals surface area contributed by atoms with Crippen LogP contribution >= 0.6 is 0 Å². The third-order valence-corrected chi connectivity index (χ3v) is 2.38. The van der Waals surface area contributed by atoms with E-state index in [4.69, 9.17) is 19.3 Å². The van der Waals surface area contributed by atoms with Crippen LogP contribution in [-0.4, -0.2) is 25.6 Å². The maximum Gasteiger partial charge on any atom is 0.160 e. The molecule has 0 unspecified atom stereocenters. The molecular weight excluding hydrogens is 220 g/mol. The Hall–Kier alpha value is -1.70. The second-order valence-corrected chi connectivity index (χ2v) is 3.38. The number of rotatable bonds is 6. The van der Waals surface area contributed by atoms with Crippen molar-refractivity contribution in [3.63, 3.8) is 0 Å². The van der Waals surface area contributed by atoms with Crippen molar-refractivity contribution in [2.45, 2.75) is 19.3 Å². The van der Waals surface area contributed by atoms with Gasteiger partial charge in [-0.05, 0) is 11.1 Å². The molecule has 4 nitrogen and oxygen atoms in total. The molecule has 0 radical (unpaired) electrons. The monoisotopic (exact) mass is 236 g/mol. The van der Waals surface area contributed by atoms with Crippen LogP contribution in [0, 0.1) is 12.2 Å². The first-order valence-corrected chi connectivity index (χ1v) is 5.20. The summed E-state index contributed by atoms with van der Waals surface area (Å²) < 4.78 is 15.3. The number of methoxy groups -OCH3 is 2. The van der Waals surface area contributed by atoms with Gasteiger partial charge in [0.25, 0.3) is 0 Å². The summed E-state index contributed by atoms with van der Waals surface area (Å²) >= 11 is 0. The zero-order valence-electron chi connectivity index (χ0n) is 9.97. The predicted molar refractivity (Wildman–Crippen MR) is 62.5 cm³/mol. The molecular formula is C13H16O4. The molecule has 0 bridgehead atoms. The van der Waals surface area contributed by atoms with E-state index in [2.05, 4.69) is 6.11 Å². The van der Waals surface area contributed by atoms with Gasteiger partial charge in [-0.2, -0.15) is 0 Å². The van der Waals surface area contributed by atoms with Crippen LogP contribution in [0.1, 0.15) is 11.1 Å². The van der Waals surface area contributed by atoms with Crippen molar-refractivity contribution in [2.75, 3.05) is 14.2 Å². The van der Waals surface area contributed by atoms with Crippen molar-refractivity contribution < 1.29 is 19.3 Å². The second-order valence-electron chi connectivity index (χ2n) is 3.38. The van der Waals surface area contributed by atoms with Crippen LogP contribution in [0.15, 0.2) is 24.3 Å². The standard InChI is InChI=1S/C13H16O4/c1-15-13(16-2)9-11-5-3-4-6-12(11)10-17-8-7-14/h3-6,13-14H,9-10H2,1-2H3. The van der Waals surface area contributed by atoms with Gasteiger partial charge in [-0.3, -0.25) is 0 Å². The average Bonchev–Trinajstić information content (AvgIpc) is 2.38. The van der Waals surface area contributed by atoms with Gasteiger partial charge in [0, 0.05) is 20.6 Å². The van der Waals surface area contributed by atoms with E-state index < -0.39 is 0 Å². The molecule has 0 aliphatic heterocycles. The lowest BCUT2D eigenvalue weighted by Crippen LogP contribution is -2.17. The van der Waals surface area contributed by atoms with E-state index in [1.165, 1.54) is 0 Å². The molecule has 0 atom stereocenters. The van der Waals surface area contributed by atoms with E-state index in [9.17, 15) is 0 Å². The van der Waals surface area contributed by atoms with Crippen LogP contribution in [-0.2, 0) is 27.2 Å². The van der Waals surface area contributed by atoms with Gasteiger partial charge in [0.1, 0.15) is 6.61 Å². The van der Waals surface area contributed by atoms with Crippen LogP contribution in [0.4, 0.5) is 0 Å². The molecule has 1 aromatic carbocycles. The van der Waals surface area contributed by atoms with E-state index in [-0.39, 0.29) is 6.29 Å². The summed E-state index contributed by atoms with van der Waals surface area (Å²) in [4.78, 5) is 0. The number of aliphatic hydroxyl groups excluding tert-OH is 1. The third-order valence-electron chi connectivity index (χ3n) is 2.38. The maximum absolute atomic E-state index is 8.31. The molecule has 0 aliphatic carbocycles. The van der Waals surface area contributed by atoms with Crippen LogP contribution in [0.25, 0.3) is 0 Å². The Bertz CT molecular complexity index is 388. The van der Waals surface area contributed by atoms with Gasteiger partial charge in [0.15, 0.2) is 18.5 Å². The lowest BCUT2D eigenvalue weighted by Gasteiger charge is -2.15. The van der Waals surface area contributed by atoms with E-state index in [0.29, 0.717) is 13.0 Å². The van der Waals surface area contributed by atoms with Crippen molar-refractivity contribution in [1.82, 2.24) is 0 Å². The Morgan fingerprint density at radius 1 is 1.18 bits per heavy atom. The lowest BCUT2D eigenvalue weighted by molar-refractivity contribution is -0.100. The molecule has 4 heteroatoms. The molecule has 0 amide bonds. The average molecular weight is 236 g/mol. The number of aliphatic hydroxyl groups is 1. The molecule has 0 aliphatic rings. The Labute approximate surface area is 101 Å². The van der Waals surface area contributed by atoms with Gasteiger partial charge in [0.2, 0.25) is 0 Å². The number of benzene rings is 1. The highest BCUT2D eigenvalue weighted by molar-refractivity contribution is 5.27. The molecule has 0 saturated carbocycles. The molecule has 1 aromatic rings. The number of ether oxygens (including phenoxy) is 3. The number of hydrogen-bond donors (Lipinski definition) is 1. The number of hydrogen-bond acceptors (Lipinski definition) is 4. The van der Waals surface area contributed by atoms with E-state index in [1.807, 2.05) is 24.3 Å². The van der Waals surface area contributed by atoms with Crippen LogP contribution in [0.2, 0.25) is 0 Å². The molecule has 92 valence electrons. The molecule has 1 rings (SSSR count). The molecule has 0 heterocycles. The van der Waals surface area contributed by atoms with Crippen molar-refractivity contribution in [3.05, 3.63) is 35.4 Å².